The highest BCUT2D eigenvalue weighted by atomic mass is 19.1. The van der Waals surface area contributed by atoms with Crippen LogP contribution in [0.3, 0.4) is 0 Å². The van der Waals surface area contributed by atoms with Crippen molar-refractivity contribution in [1.82, 2.24) is 4.90 Å². The number of phenols is 1. The molecule has 170 valence electrons. The molecule has 0 radical (unpaired) electrons. The normalized spacial score (nSPS) is 32.1. The Hall–Kier alpha value is -3.24. The van der Waals surface area contributed by atoms with Gasteiger partial charge in [0, 0.05) is 17.1 Å². The predicted molar refractivity (Wildman–Crippen MR) is 109 cm³/mol. The summed E-state index contributed by atoms with van der Waals surface area (Å²) in [6, 6.07) is 0.894. The summed E-state index contributed by atoms with van der Waals surface area (Å²) < 4.78 is 14.7. The van der Waals surface area contributed by atoms with Gasteiger partial charge in [-0.25, -0.2) is 4.39 Å². The number of ketones is 2. The largest absolute Gasteiger partial charge is 0.508 e. The number of carbonyl (C=O) groups is 3. The molecule has 5 atom stereocenters. The zero-order valence-electron chi connectivity index (χ0n) is 17.6. The van der Waals surface area contributed by atoms with Gasteiger partial charge < -0.3 is 26.2 Å². The van der Waals surface area contributed by atoms with E-state index >= 15 is 0 Å². The van der Waals surface area contributed by atoms with E-state index in [9.17, 15) is 39.2 Å². The van der Waals surface area contributed by atoms with Gasteiger partial charge in [0.25, 0.3) is 5.91 Å². The van der Waals surface area contributed by atoms with Gasteiger partial charge >= 0.3 is 0 Å². The molecular formula is C22H23FN2O7. The summed E-state index contributed by atoms with van der Waals surface area (Å²) in [5.41, 5.74) is 1.09. The Kier molecular flexibility index (Phi) is 4.72. The molecule has 3 aliphatic rings. The van der Waals surface area contributed by atoms with Crippen LogP contribution >= 0.6 is 0 Å². The standard InChI is InChI=1S/C22H23FN2O7/c1-7-8-6-9-16(25(2)3)18(28)15(21(24)31)20(30)22(9,32)19(29)13(8)17(27)14-11(26)5-4-10(23)12(7)14/h4-5,7-9,16,26-27,30,32H,6H2,1-3H3,(H2,24,31)/t7-,8?,9+,16+,22+/m1/s1. The molecule has 1 aromatic rings. The van der Waals surface area contributed by atoms with Crippen LogP contribution in [0.1, 0.15) is 30.4 Å². The maximum absolute atomic E-state index is 14.7. The fourth-order valence-electron chi connectivity index (χ4n) is 5.56. The Morgan fingerprint density at radius 3 is 2.41 bits per heavy atom. The number of aromatic hydroxyl groups is 1. The first-order valence-electron chi connectivity index (χ1n) is 10.0. The molecule has 3 aliphatic carbocycles. The molecule has 0 aromatic heterocycles. The van der Waals surface area contributed by atoms with E-state index in [1.807, 2.05) is 0 Å². The Bertz CT molecular complexity index is 1160. The van der Waals surface area contributed by atoms with E-state index in [1.54, 1.807) is 6.92 Å². The van der Waals surface area contributed by atoms with Gasteiger partial charge in [0.05, 0.1) is 11.6 Å². The monoisotopic (exact) mass is 446 g/mol. The van der Waals surface area contributed by atoms with Crippen molar-refractivity contribution >= 4 is 23.2 Å². The third-order valence-corrected chi connectivity index (χ3v) is 7.02. The van der Waals surface area contributed by atoms with E-state index in [-0.39, 0.29) is 23.1 Å². The molecule has 0 bridgehead atoms. The first kappa shape index (κ1) is 22.0. The van der Waals surface area contributed by atoms with Crippen molar-refractivity contribution in [2.24, 2.45) is 17.6 Å². The molecular weight excluding hydrogens is 423 g/mol. The van der Waals surface area contributed by atoms with E-state index in [0.29, 0.717) is 0 Å². The zero-order chi connectivity index (χ0) is 23.9. The Morgan fingerprint density at radius 1 is 1.22 bits per heavy atom. The molecule has 10 heteroatoms. The van der Waals surface area contributed by atoms with E-state index in [2.05, 4.69) is 0 Å². The van der Waals surface area contributed by atoms with Crippen molar-refractivity contribution in [3.8, 4) is 5.75 Å². The van der Waals surface area contributed by atoms with Crippen LogP contribution in [0, 0.1) is 17.7 Å². The highest BCUT2D eigenvalue weighted by molar-refractivity contribution is 6.24. The van der Waals surface area contributed by atoms with Gasteiger partial charge in [-0.2, -0.15) is 0 Å². The molecule has 1 amide bonds. The van der Waals surface area contributed by atoms with Gasteiger partial charge in [0.15, 0.2) is 11.4 Å². The second-order valence-electron chi connectivity index (χ2n) is 8.81. The highest BCUT2D eigenvalue weighted by Crippen LogP contribution is 2.56. The van der Waals surface area contributed by atoms with Crippen LogP contribution in [0.2, 0.25) is 0 Å². The number of benzene rings is 1. The predicted octanol–water partition coefficient (Wildman–Crippen LogP) is 0.664. The number of primary amides is 1. The number of phenolic OH excluding ortho intramolecular Hbond substituents is 1. The molecule has 4 rings (SSSR count). The zero-order valence-corrected chi connectivity index (χ0v) is 17.6. The maximum atomic E-state index is 14.7. The van der Waals surface area contributed by atoms with Gasteiger partial charge in [-0.3, -0.25) is 19.3 Å². The van der Waals surface area contributed by atoms with Crippen molar-refractivity contribution in [3.05, 3.63) is 46.0 Å². The second kappa shape index (κ2) is 6.88. The number of carbonyl (C=O) groups excluding carboxylic acids is 3. The number of hydrogen-bond acceptors (Lipinski definition) is 8. The summed E-state index contributed by atoms with van der Waals surface area (Å²) >= 11 is 0. The van der Waals surface area contributed by atoms with Gasteiger partial charge in [-0.05, 0) is 44.5 Å². The number of nitrogens with two attached hydrogens (primary N) is 1. The summed E-state index contributed by atoms with van der Waals surface area (Å²) in [5.74, 6) is -9.04. The molecule has 6 N–H and O–H groups in total. The lowest BCUT2D eigenvalue weighted by Gasteiger charge is -2.51. The number of rotatable bonds is 2. The minimum absolute atomic E-state index is 0.00983. The van der Waals surface area contributed by atoms with Gasteiger partial charge in [-0.1, -0.05) is 6.92 Å². The average molecular weight is 446 g/mol. The number of aliphatic hydroxyl groups excluding tert-OH is 2. The fraction of sp³-hybridized carbons (Fsp3) is 0.409. The van der Waals surface area contributed by atoms with Crippen LogP contribution in [0.25, 0.3) is 5.76 Å². The minimum atomic E-state index is -2.72. The number of Topliss-reactive ketones (excluding diaryl/α,β-unsaturated/α-hetero) is 2. The lowest BCUT2D eigenvalue weighted by Crippen LogP contribution is -2.66. The number of aliphatic hydroxyl groups is 3. The third-order valence-electron chi connectivity index (χ3n) is 7.02. The summed E-state index contributed by atoms with van der Waals surface area (Å²) in [6.07, 6.45) is -0.0952. The molecule has 1 saturated carbocycles. The van der Waals surface area contributed by atoms with Gasteiger partial charge in [0.2, 0.25) is 5.78 Å². The average Bonchev–Trinajstić information content (AvgIpc) is 2.69. The molecule has 0 spiro atoms. The van der Waals surface area contributed by atoms with Gasteiger partial charge in [-0.15, -0.1) is 0 Å². The lowest BCUT2D eigenvalue weighted by atomic mass is 9.55. The van der Waals surface area contributed by atoms with Crippen molar-refractivity contribution in [3.63, 3.8) is 0 Å². The number of amides is 1. The molecule has 9 nitrogen and oxygen atoms in total. The number of hydrogen-bond donors (Lipinski definition) is 5. The third kappa shape index (κ3) is 2.53. The first-order chi connectivity index (χ1) is 14.8. The van der Waals surface area contributed by atoms with Gasteiger partial charge in [0.1, 0.15) is 28.7 Å². The van der Waals surface area contributed by atoms with Crippen LogP contribution in [0.15, 0.2) is 29.0 Å². The van der Waals surface area contributed by atoms with Crippen molar-refractivity contribution in [1.29, 1.82) is 0 Å². The fourth-order valence-corrected chi connectivity index (χ4v) is 5.56. The minimum Gasteiger partial charge on any atom is -0.508 e. The summed E-state index contributed by atoms with van der Waals surface area (Å²) in [7, 11) is 3.02. The van der Waals surface area contributed by atoms with Crippen LogP contribution in [0.5, 0.6) is 5.75 Å². The van der Waals surface area contributed by atoms with E-state index in [0.717, 1.165) is 12.1 Å². The second-order valence-corrected chi connectivity index (χ2v) is 8.81. The summed E-state index contributed by atoms with van der Waals surface area (Å²) in [6.45, 7) is 1.61. The molecule has 1 aromatic carbocycles. The summed E-state index contributed by atoms with van der Waals surface area (Å²) in [4.78, 5) is 39.9. The van der Waals surface area contributed by atoms with E-state index in [4.69, 9.17) is 5.73 Å². The van der Waals surface area contributed by atoms with E-state index < -0.39 is 75.5 Å². The summed E-state index contributed by atoms with van der Waals surface area (Å²) in [5, 5.41) is 43.3. The lowest BCUT2D eigenvalue weighted by molar-refractivity contribution is -0.154. The Morgan fingerprint density at radius 2 is 1.84 bits per heavy atom. The number of nitrogens with zero attached hydrogens (tertiary/aromatic N) is 1. The first-order valence-corrected chi connectivity index (χ1v) is 10.0. The SMILES string of the molecule is C[C@H]1c2c(F)ccc(O)c2C(O)=C2C(=O)[C@]3(O)C(O)=C(C(N)=O)C(=O)[C@@H](N(C)C)[C@@H]3CC21. The molecule has 0 aliphatic heterocycles. The Balaban J connectivity index is 2.03. The van der Waals surface area contributed by atoms with Crippen LogP contribution in [-0.4, -0.2) is 68.5 Å². The van der Waals surface area contributed by atoms with Crippen molar-refractivity contribution in [2.75, 3.05) is 14.1 Å². The van der Waals surface area contributed by atoms with E-state index in [1.165, 1.54) is 19.0 Å². The number of halogens is 1. The Labute approximate surface area is 182 Å². The molecule has 32 heavy (non-hydrogen) atoms. The number of fused-ring (bicyclic) bond motifs is 3. The quantitative estimate of drug-likeness (QED) is 0.414. The van der Waals surface area contributed by atoms with Crippen LogP contribution in [0.4, 0.5) is 4.39 Å². The van der Waals surface area contributed by atoms with Crippen LogP contribution < -0.4 is 5.73 Å². The number of likely N-dealkylation sites (N-methyl/N-ethyl adjacent to an activating group) is 1. The molecule has 0 heterocycles. The highest BCUT2D eigenvalue weighted by Gasteiger charge is 2.64. The smallest absolute Gasteiger partial charge is 0.255 e. The topological polar surface area (TPSA) is 161 Å². The molecule has 0 saturated heterocycles. The van der Waals surface area contributed by atoms with Crippen LogP contribution in [-0.2, 0) is 14.4 Å². The van der Waals surface area contributed by atoms with Crippen molar-refractivity contribution < 1.29 is 39.2 Å². The molecule has 1 unspecified atom stereocenters. The molecule has 1 fully saturated rings. The maximum Gasteiger partial charge on any atom is 0.255 e. The van der Waals surface area contributed by atoms with Crippen molar-refractivity contribution in [2.45, 2.75) is 30.9 Å².